The van der Waals surface area contributed by atoms with Gasteiger partial charge in [-0.25, -0.2) is 18.4 Å². The van der Waals surface area contributed by atoms with Crippen LogP contribution in [0.1, 0.15) is 51.0 Å². The largest absolute Gasteiger partial charge is 0.477 e. The number of aromatic carboxylic acids is 1. The first kappa shape index (κ1) is 21.9. The van der Waals surface area contributed by atoms with Crippen molar-refractivity contribution in [3.8, 4) is 0 Å². The average Bonchev–Trinajstić information content (AvgIpc) is 3.24. The second kappa shape index (κ2) is 9.42. The van der Waals surface area contributed by atoms with Crippen LogP contribution in [-0.4, -0.2) is 47.7 Å². The van der Waals surface area contributed by atoms with E-state index in [1.807, 2.05) is 0 Å². The van der Waals surface area contributed by atoms with Crippen LogP contribution in [0.15, 0.2) is 36.4 Å². The Bertz CT molecular complexity index is 943. The number of carbonyl (C=O) groups excluding carboxylic acids is 1. The Labute approximate surface area is 182 Å². The van der Waals surface area contributed by atoms with Gasteiger partial charge in [0.2, 0.25) is 0 Å². The van der Waals surface area contributed by atoms with E-state index in [1.54, 1.807) is 12.1 Å². The molecule has 166 valence electrons. The first-order valence-electron chi connectivity index (χ1n) is 10.3. The third kappa shape index (κ3) is 5.11. The van der Waals surface area contributed by atoms with E-state index in [4.69, 9.17) is 9.84 Å². The number of rotatable bonds is 8. The Morgan fingerprint density at radius 3 is 2.55 bits per heavy atom. The van der Waals surface area contributed by atoms with E-state index in [9.17, 15) is 18.4 Å². The number of carboxylic acids is 1. The van der Waals surface area contributed by atoms with E-state index in [2.05, 4.69) is 10.2 Å². The first-order valence-corrected chi connectivity index (χ1v) is 11.1. The van der Waals surface area contributed by atoms with Crippen LogP contribution in [0.4, 0.5) is 8.78 Å². The summed E-state index contributed by atoms with van der Waals surface area (Å²) in [5.41, 5.74) is 0.239. The summed E-state index contributed by atoms with van der Waals surface area (Å²) in [6, 6.07) is 8.01. The fraction of sp³-hybridized carbons (Fsp3) is 0.455. The molecule has 0 saturated carbocycles. The van der Waals surface area contributed by atoms with Gasteiger partial charge in [-0.2, -0.15) is 0 Å². The number of carbonyl (C=O) groups is 2. The van der Waals surface area contributed by atoms with Crippen molar-refractivity contribution >= 4 is 23.3 Å². The van der Waals surface area contributed by atoms with Crippen LogP contribution in [-0.2, 0) is 16.1 Å². The summed E-state index contributed by atoms with van der Waals surface area (Å²) in [7, 11) is 0. The maximum atomic E-state index is 13.2. The van der Waals surface area contributed by atoms with Crippen molar-refractivity contribution in [3.05, 3.63) is 57.3 Å². The highest BCUT2D eigenvalue weighted by atomic mass is 32.1. The molecular formula is C22H24F2N2O4S. The van der Waals surface area contributed by atoms with Crippen molar-refractivity contribution in [3.63, 3.8) is 0 Å². The van der Waals surface area contributed by atoms with Crippen LogP contribution in [0.25, 0.3) is 0 Å². The second-order valence-corrected chi connectivity index (χ2v) is 9.14. The van der Waals surface area contributed by atoms with Crippen LogP contribution in [0, 0.1) is 5.92 Å². The lowest BCUT2D eigenvalue weighted by atomic mass is 9.86. The quantitative estimate of drug-likeness (QED) is 0.595. The minimum absolute atomic E-state index is 0.163. The maximum Gasteiger partial charge on any atom is 0.345 e. The molecule has 2 aromatic rings. The Kier molecular flexibility index (Phi) is 6.64. The summed E-state index contributed by atoms with van der Waals surface area (Å²) in [6.07, 6.45) is -0.861. The third-order valence-electron chi connectivity index (χ3n) is 5.95. The minimum atomic E-state index is -2.64. The van der Waals surface area contributed by atoms with Gasteiger partial charge in [0, 0.05) is 23.5 Å². The SMILES string of the molecule is O=C(O)c1ccc(CNC(C(=O)O[C@H]2CN3CCC2CC3)c2cccc(C(F)F)c2)s1. The topological polar surface area (TPSA) is 78.9 Å². The summed E-state index contributed by atoms with van der Waals surface area (Å²) < 4.78 is 32.3. The van der Waals surface area contributed by atoms with Crippen molar-refractivity contribution in [1.29, 1.82) is 0 Å². The zero-order chi connectivity index (χ0) is 22.0. The molecule has 0 amide bonds. The molecule has 3 saturated heterocycles. The number of nitrogens with zero attached hydrogens (tertiary/aromatic N) is 1. The average molecular weight is 451 g/mol. The molecule has 0 spiro atoms. The fourth-order valence-corrected chi connectivity index (χ4v) is 5.06. The second-order valence-electron chi connectivity index (χ2n) is 7.97. The number of halogens is 2. The van der Waals surface area contributed by atoms with Gasteiger partial charge in [0.05, 0.1) is 0 Å². The van der Waals surface area contributed by atoms with E-state index in [0.29, 0.717) is 18.0 Å². The van der Waals surface area contributed by atoms with Gasteiger partial charge < -0.3 is 9.84 Å². The number of thiophene rings is 1. The molecule has 4 heterocycles. The Morgan fingerprint density at radius 1 is 1.19 bits per heavy atom. The number of esters is 1. The molecule has 1 aromatic carbocycles. The van der Waals surface area contributed by atoms with Gasteiger partial charge in [0.15, 0.2) is 0 Å². The number of hydrogen-bond donors (Lipinski definition) is 2. The molecule has 2 N–H and O–H groups in total. The van der Waals surface area contributed by atoms with E-state index in [0.717, 1.165) is 42.1 Å². The number of benzene rings is 1. The highest BCUT2D eigenvalue weighted by Gasteiger charge is 2.38. The van der Waals surface area contributed by atoms with Crippen molar-refractivity contribution in [2.45, 2.75) is 38.0 Å². The van der Waals surface area contributed by atoms with Crippen molar-refractivity contribution in [2.24, 2.45) is 5.92 Å². The van der Waals surface area contributed by atoms with E-state index in [1.165, 1.54) is 24.3 Å². The molecule has 3 aliphatic rings. The molecular weight excluding hydrogens is 426 g/mol. The number of nitrogens with one attached hydrogen (secondary N) is 1. The third-order valence-corrected chi connectivity index (χ3v) is 7.02. The zero-order valence-electron chi connectivity index (χ0n) is 16.8. The molecule has 2 bridgehead atoms. The summed E-state index contributed by atoms with van der Waals surface area (Å²) in [5.74, 6) is -1.18. The summed E-state index contributed by atoms with van der Waals surface area (Å²) in [6.45, 7) is 2.95. The van der Waals surface area contributed by atoms with Gasteiger partial charge in [-0.05, 0) is 55.6 Å². The Morgan fingerprint density at radius 2 is 1.94 bits per heavy atom. The molecule has 1 aromatic heterocycles. The molecule has 0 radical (unpaired) electrons. The number of hydrogen-bond acceptors (Lipinski definition) is 6. The van der Waals surface area contributed by atoms with Crippen LogP contribution in [0.5, 0.6) is 0 Å². The molecule has 31 heavy (non-hydrogen) atoms. The lowest BCUT2D eigenvalue weighted by molar-refractivity contribution is -0.161. The van der Waals surface area contributed by atoms with E-state index < -0.39 is 24.4 Å². The Balaban J connectivity index is 1.52. The first-order chi connectivity index (χ1) is 14.9. The number of fused-ring (bicyclic) bond motifs is 3. The van der Waals surface area contributed by atoms with Crippen molar-refractivity contribution in [1.82, 2.24) is 10.2 Å². The number of piperidine rings is 3. The Hall–Kier alpha value is -2.36. The van der Waals surface area contributed by atoms with Crippen molar-refractivity contribution < 1.29 is 28.2 Å². The summed E-state index contributed by atoms with van der Waals surface area (Å²) in [4.78, 5) is 27.4. The molecule has 5 rings (SSSR count). The van der Waals surface area contributed by atoms with Crippen LogP contribution < -0.4 is 5.32 Å². The monoisotopic (exact) mass is 450 g/mol. The number of carboxylic acid groups (broad SMARTS) is 1. The van der Waals surface area contributed by atoms with Crippen LogP contribution in [0.2, 0.25) is 0 Å². The minimum Gasteiger partial charge on any atom is -0.477 e. The molecule has 2 atom stereocenters. The maximum absolute atomic E-state index is 13.2. The van der Waals surface area contributed by atoms with Crippen molar-refractivity contribution in [2.75, 3.05) is 19.6 Å². The lowest BCUT2D eigenvalue weighted by Crippen LogP contribution is -2.52. The molecule has 3 fully saturated rings. The number of alkyl halides is 2. The predicted molar refractivity (Wildman–Crippen MR) is 111 cm³/mol. The van der Waals surface area contributed by atoms with Crippen LogP contribution in [0.3, 0.4) is 0 Å². The van der Waals surface area contributed by atoms with Gasteiger partial charge in [-0.3, -0.25) is 10.2 Å². The van der Waals surface area contributed by atoms with Gasteiger partial charge in [-0.1, -0.05) is 18.2 Å². The lowest BCUT2D eigenvalue weighted by Gasteiger charge is -2.44. The van der Waals surface area contributed by atoms with Gasteiger partial charge in [0.1, 0.15) is 17.0 Å². The standard InChI is InChI=1S/C22H24F2N2O4S/c23-20(24)15-3-1-2-14(10-15)19(25-11-16-4-5-18(31-16)21(27)28)22(29)30-17-12-26-8-6-13(17)7-9-26/h1-5,10,13,17,19-20,25H,6-9,11-12H2,(H,27,28)/t17-,19?/m0/s1. The highest BCUT2D eigenvalue weighted by molar-refractivity contribution is 7.13. The summed E-state index contributed by atoms with van der Waals surface area (Å²) in [5, 5.41) is 12.2. The number of ether oxygens (including phenoxy) is 1. The highest BCUT2D eigenvalue weighted by Crippen LogP contribution is 2.31. The normalized spacial score (nSPS) is 23.6. The molecule has 1 unspecified atom stereocenters. The van der Waals surface area contributed by atoms with E-state index in [-0.39, 0.29) is 23.1 Å². The molecule has 3 aliphatic heterocycles. The van der Waals surface area contributed by atoms with Crippen LogP contribution >= 0.6 is 11.3 Å². The van der Waals surface area contributed by atoms with Gasteiger partial charge in [-0.15, -0.1) is 11.3 Å². The molecule has 9 heteroatoms. The van der Waals surface area contributed by atoms with E-state index >= 15 is 0 Å². The molecule has 0 aliphatic carbocycles. The molecule has 6 nitrogen and oxygen atoms in total. The van der Waals surface area contributed by atoms with Gasteiger partial charge >= 0.3 is 11.9 Å². The fourth-order valence-electron chi connectivity index (χ4n) is 4.26. The zero-order valence-corrected chi connectivity index (χ0v) is 17.6. The predicted octanol–water partition coefficient (Wildman–Crippen LogP) is 3.85. The summed E-state index contributed by atoms with van der Waals surface area (Å²) >= 11 is 1.10. The van der Waals surface area contributed by atoms with Gasteiger partial charge in [0.25, 0.3) is 6.43 Å². The smallest absolute Gasteiger partial charge is 0.345 e.